The minimum Gasteiger partial charge on any atom is -0.378 e. The van der Waals surface area contributed by atoms with Crippen LogP contribution in [0.1, 0.15) is 13.8 Å². The Hall–Kier alpha value is -0.160. The summed E-state index contributed by atoms with van der Waals surface area (Å²) in [5.74, 6) is 0. The van der Waals surface area contributed by atoms with Crippen LogP contribution in [0, 0.1) is 0 Å². The van der Waals surface area contributed by atoms with E-state index in [1.807, 2.05) is 13.8 Å². The first-order valence-electron chi connectivity index (χ1n) is 4.47. The molecule has 0 aromatic carbocycles. The number of hydrogen-bond acceptors (Lipinski definition) is 4. The predicted molar refractivity (Wildman–Crippen MR) is 51.1 cm³/mol. The van der Waals surface area contributed by atoms with E-state index in [4.69, 9.17) is 20.9 Å². The minimum atomic E-state index is 0.566. The van der Waals surface area contributed by atoms with Gasteiger partial charge in [0.2, 0.25) is 0 Å². The van der Waals surface area contributed by atoms with Crippen molar-refractivity contribution in [2.24, 2.45) is 11.5 Å². The molecule has 0 heterocycles. The third kappa shape index (κ3) is 16.4. The van der Waals surface area contributed by atoms with Crippen molar-refractivity contribution in [3.63, 3.8) is 0 Å². The molecule has 0 radical (unpaired) electrons. The van der Waals surface area contributed by atoms with Gasteiger partial charge in [-0.3, -0.25) is 0 Å². The third-order valence-corrected chi connectivity index (χ3v) is 0.896. The first kappa shape index (κ1) is 14.4. The van der Waals surface area contributed by atoms with Gasteiger partial charge in [-0.25, -0.2) is 0 Å². The summed E-state index contributed by atoms with van der Waals surface area (Å²) in [6.07, 6.45) is 0. The number of rotatable bonds is 7. The highest BCUT2D eigenvalue weighted by molar-refractivity contribution is 4.34. The van der Waals surface area contributed by atoms with E-state index in [1.165, 1.54) is 0 Å². The van der Waals surface area contributed by atoms with Crippen LogP contribution in [0.3, 0.4) is 0 Å². The van der Waals surface area contributed by atoms with Crippen LogP contribution in [0.5, 0.6) is 0 Å². The van der Waals surface area contributed by atoms with E-state index in [0.717, 1.165) is 0 Å². The molecule has 0 saturated carbocycles. The molecule has 0 rings (SSSR count). The first-order valence-corrected chi connectivity index (χ1v) is 4.47. The molecule has 0 spiro atoms. The Balaban J connectivity index is 0. The molecule has 76 valence electrons. The number of hydrogen-bond donors (Lipinski definition) is 2. The van der Waals surface area contributed by atoms with Crippen molar-refractivity contribution in [1.29, 1.82) is 0 Å². The van der Waals surface area contributed by atoms with E-state index in [1.54, 1.807) is 0 Å². The van der Waals surface area contributed by atoms with Gasteiger partial charge in [0.15, 0.2) is 0 Å². The van der Waals surface area contributed by atoms with Crippen LogP contribution in [0.15, 0.2) is 0 Å². The first-order chi connectivity index (χ1) is 5.91. The van der Waals surface area contributed by atoms with Crippen molar-refractivity contribution in [2.75, 3.05) is 39.5 Å². The maximum Gasteiger partial charge on any atom is 0.0701 e. The van der Waals surface area contributed by atoms with Gasteiger partial charge in [0.1, 0.15) is 0 Å². The zero-order valence-corrected chi connectivity index (χ0v) is 8.21. The van der Waals surface area contributed by atoms with Gasteiger partial charge in [-0.15, -0.1) is 0 Å². The summed E-state index contributed by atoms with van der Waals surface area (Å²) < 4.78 is 10.1. The van der Waals surface area contributed by atoms with Gasteiger partial charge >= 0.3 is 0 Å². The average molecular weight is 178 g/mol. The molecule has 4 heteroatoms. The molecule has 12 heavy (non-hydrogen) atoms. The topological polar surface area (TPSA) is 70.5 Å². The molecule has 0 amide bonds. The highest BCUT2D eigenvalue weighted by Gasteiger charge is 1.85. The summed E-state index contributed by atoms with van der Waals surface area (Å²) in [5.41, 5.74) is 10.4. The predicted octanol–water partition coefficient (Wildman–Crippen LogP) is -0.0368. The van der Waals surface area contributed by atoms with Crippen LogP contribution in [-0.2, 0) is 9.47 Å². The van der Waals surface area contributed by atoms with Crippen molar-refractivity contribution in [3.05, 3.63) is 0 Å². The Morgan fingerprint density at radius 2 is 1.08 bits per heavy atom. The van der Waals surface area contributed by atoms with Crippen LogP contribution in [0.2, 0.25) is 0 Å². The quantitative estimate of drug-likeness (QED) is 0.537. The fourth-order valence-corrected chi connectivity index (χ4v) is 0.489. The van der Waals surface area contributed by atoms with E-state index < -0.39 is 0 Å². The molecule has 0 aliphatic carbocycles. The molecule has 0 unspecified atom stereocenters. The summed E-state index contributed by atoms with van der Waals surface area (Å²) in [7, 11) is 0. The summed E-state index contributed by atoms with van der Waals surface area (Å²) >= 11 is 0. The second-order valence-electron chi connectivity index (χ2n) is 1.80. The fraction of sp³-hybridized carbons (Fsp3) is 1.00. The zero-order chi connectivity index (χ0) is 9.66. The molecule has 0 fully saturated rings. The molecule has 4 nitrogen and oxygen atoms in total. The van der Waals surface area contributed by atoms with Crippen molar-refractivity contribution >= 4 is 0 Å². The minimum absolute atomic E-state index is 0.566. The second-order valence-corrected chi connectivity index (χ2v) is 1.80. The Bertz CT molecular complexity index is 55.0. The van der Waals surface area contributed by atoms with Gasteiger partial charge in [0.05, 0.1) is 26.4 Å². The Morgan fingerprint density at radius 3 is 1.33 bits per heavy atom. The molecule has 0 atom stereocenters. The average Bonchev–Trinajstić information content (AvgIpc) is 2.15. The molecule has 0 bridgehead atoms. The van der Waals surface area contributed by atoms with E-state index in [-0.39, 0.29) is 0 Å². The van der Waals surface area contributed by atoms with E-state index in [9.17, 15) is 0 Å². The zero-order valence-electron chi connectivity index (χ0n) is 8.21. The Kier molecular flexibility index (Phi) is 20.4. The third-order valence-electron chi connectivity index (χ3n) is 0.896. The van der Waals surface area contributed by atoms with E-state index in [2.05, 4.69) is 0 Å². The SMILES string of the molecule is CC.NCCOCCOCCN. The maximum absolute atomic E-state index is 5.18. The molecular weight excluding hydrogens is 156 g/mol. The van der Waals surface area contributed by atoms with Gasteiger partial charge in [-0.05, 0) is 0 Å². The lowest BCUT2D eigenvalue weighted by Crippen LogP contribution is -2.14. The van der Waals surface area contributed by atoms with Crippen LogP contribution in [-0.4, -0.2) is 39.5 Å². The van der Waals surface area contributed by atoms with Crippen LogP contribution in [0.25, 0.3) is 0 Å². The summed E-state index contributed by atoms with van der Waals surface area (Å²) in [4.78, 5) is 0. The summed E-state index contributed by atoms with van der Waals surface area (Å²) in [5, 5.41) is 0. The smallest absolute Gasteiger partial charge is 0.0701 e. The molecule has 0 aliphatic rings. The summed E-state index contributed by atoms with van der Waals surface area (Å²) in [6, 6.07) is 0. The van der Waals surface area contributed by atoms with Gasteiger partial charge in [0, 0.05) is 13.1 Å². The van der Waals surface area contributed by atoms with Crippen molar-refractivity contribution in [1.82, 2.24) is 0 Å². The Labute approximate surface area is 75.2 Å². The normalized spacial score (nSPS) is 9.00. The molecular formula is C8H22N2O2. The molecule has 0 aromatic rings. The standard InChI is InChI=1S/C6H16N2O2.C2H6/c7-1-3-9-5-6-10-4-2-8;1-2/h1-8H2;1-2H3. The molecule has 4 N–H and O–H groups in total. The molecule has 0 aromatic heterocycles. The van der Waals surface area contributed by atoms with Gasteiger partial charge in [-0.2, -0.15) is 0 Å². The monoisotopic (exact) mass is 178 g/mol. The highest BCUT2D eigenvalue weighted by Crippen LogP contribution is 1.75. The van der Waals surface area contributed by atoms with E-state index in [0.29, 0.717) is 39.5 Å². The number of nitrogens with two attached hydrogens (primary N) is 2. The lowest BCUT2D eigenvalue weighted by Gasteiger charge is -2.02. The summed E-state index contributed by atoms with van der Waals surface area (Å²) in [6.45, 7) is 7.56. The highest BCUT2D eigenvalue weighted by atomic mass is 16.5. The van der Waals surface area contributed by atoms with Crippen molar-refractivity contribution in [2.45, 2.75) is 13.8 Å². The Morgan fingerprint density at radius 1 is 0.750 bits per heavy atom. The van der Waals surface area contributed by atoms with Crippen LogP contribution in [0.4, 0.5) is 0 Å². The van der Waals surface area contributed by atoms with Gasteiger partial charge in [-0.1, -0.05) is 13.8 Å². The lowest BCUT2D eigenvalue weighted by molar-refractivity contribution is 0.0538. The largest absolute Gasteiger partial charge is 0.378 e. The molecule has 0 saturated heterocycles. The second kappa shape index (κ2) is 17.1. The van der Waals surface area contributed by atoms with Crippen LogP contribution < -0.4 is 11.5 Å². The maximum atomic E-state index is 5.18. The number of ether oxygens (including phenoxy) is 2. The molecule has 0 aliphatic heterocycles. The van der Waals surface area contributed by atoms with Crippen LogP contribution >= 0.6 is 0 Å². The fourth-order valence-electron chi connectivity index (χ4n) is 0.489. The van der Waals surface area contributed by atoms with E-state index >= 15 is 0 Å². The lowest BCUT2D eigenvalue weighted by atomic mass is 10.7. The van der Waals surface area contributed by atoms with Gasteiger partial charge in [0.25, 0.3) is 0 Å². The van der Waals surface area contributed by atoms with Crippen molar-refractivity contribution in [3.8, 4) is 0 Å². The van der Waals surface area contributed by atoms with Crippen molar-refractivity contribution < 1.29 is 9.47 Å². The van der Waals surface area contributed by atoms with Gasteiger partial charge < -0.3 is 20.9 Å².